The van der Waals surface area contributed by atoms with E-state index < -0.39 is 0 Å². The quantitative estimate of drug-likeness (QED) is 0.854. The van der Waals surface area contributed by atoms with Crippen molar-refractivity contribution in [2.75, 3.05) is 0 Å². The lowest BCUT2D eigenvalue weighted by Gasteiger charge is -2.03. The molecule has 0 unspecified atom stereocenters. The number of aromatic nitrogens is 2. The standard InChI is InChI=1S/C10H6Cl2N2OS/c11-6-3-1-2-4-7(6)16-10-8(12)9(15)13-5-14-10/h1-5H,(H,13,14,15). The molecule has 0 atom stereocenters. The van der Waals surface area contributed by atoms with Gasteiger partial charge in [-0.15, -0.1) is 0 Å². The van der Waals surface area contributed by atoms with Gasteiger partial charge in [0.1, 0.15) is 10.0 Å². The van der Waals surface area contributed by atoms with Crippen molar-refractivity contribution in [1.82, 2.24) is 9.97 Å². The Morgan fingerprint density at radius 2 is 2.00 bits per heavy atom. The largest absolute Gasteiger partial charge is 0.312 e. The van der Waals surface area contributed by atoms with Crippen molar-refractivity contribution >= 4 is 35.0 Å². The first-order valence-corrected chi connectivity index (χ1v) is 5.91. The highest BCUT2D eigenvalue weighted by Crippen LogP contribution is 2.33. The predicted octanol–water partition coefficient (Wildman–Crippen LogP) is 3.23. The van der Waals surface area contributed by atoms with Crippen LogP contribution in [0.3, 0.4) is 0 Å². The summed E-state index contributed by atoms with van der Waals surface area (Å²) in [4.78, 5) is 18.4. The van der Waals surface area contributed by atoms with Gasteiger partial charge in [0.2, 0.25) is 0 Å². The maximum absolute atomic E-state index is 11.2. The van der Waals surface area contributed by atoms with Gasteiger partial charge >= 0.3 is 0 Å². The summed E-state index contributed by atoms with van der Waals surface area (Å²) in [6.07, 6.45) is 1.31. The van der Waals surface area contributed by atoms with E-state index in [1.807, 2.05) is 18.2 Å². The minimum Gasteiger partial charge on any atom is -0.312 e. The van der Waals surface area contributed by atoms with Crippen LogP contribution >= 0.6 is 35.0 Å². The van der Waals surface area contributed by atoms with E-state index in [4.69, 9.17) is 23.2 Å². The lowest BCUT2D eigenvalue weighted by Crippen LogP contribution is -2.07. The summed E-state index contributed by atoms with van der Waals surface area (Å²) >= 11 is 13.1. The Labute approximate surface area is 106 Å². The first kappa shape index (κ1) is 11.5. The zero-order chi connectivity index (χ0) is 11.5. The number of rotatable bonds is 2. The normalized spacial score (nSPS) is 10.4. The summed E-state index contributed by atoms with van der Waals surface area (Å²) in [6, 6.07) is 7.30. The van der Waals surface area contributed by atoms with E-state index in [0.717, 1.165) is 4.90 Å². The minimum absolute atomic E-state index is 0.0763. The van der Waals surface area contributed by atoms with E-state index in [9.17, 15) is 4.79 Å². The van der Waals surface area contributed by atoms with Crippen LogP contribution in [0.5, 0.6) is 0 Å². The van der Waals surface area contributed by atoms with E-state index in [1.165, 1.54) is 18.1 Å². The van der Waals surface area contributed by atoms with Crippen LogP contribution < -0.4 is 5.56 Å². The number of H-pyrrole nitrogens is 1. The number of hydrogen-bond donors (Lipinski definition) is 1. The molecule has 0 amide bonds. The molecule has 0 aliphatic rings. The van der Waals surface area contributed by atoms with Crippen molar-refractivity contribution in [3.63, 3.8) is 0 Å². The van der Waals surface area contributed by atoms with Gasteiger partial charge in [-0.05, 0) is 12.1 Å². The molecule has 0 aliphatic carbocycles. The third-order valence-electron chi connectivity index (χ3n) is 1.81. The zero-order valence-corrected chi connectivity index (χ0v) is 10.2. The van der Waals surface area contributed by atoms with E-state index >= 15 is 0 Å². The average molecular weight is 273 g/mol. The van der Waals surface area contributed by atoms with Crippen molar-refractivity contribution < 1.29 is 0 Å². The summed E-state index contributed by atoms with van der Waals surface area (Å²) in [7, 11) is 0. The van der Waals surface area contributed by atoms with Gasteiger partial charge in [0.05, 0.1) is 11.3 Å². The van der Waals surface area contributed by atoms with Crippen LogP contribution in [0.1, 0.15) is 0 Å². The number of aromatic amines is 1. The molecule has 1 N–H and O–H groups in total. The summed E-state index contributed by atoms with van der Waals surface area (Å²) in [6.45, 7) is 0. The van der Waals surface area contributed by atoms with Gasteiger partial charge in [-0.25, -0.2) is 4.98 Å². The van der Waals surface area contributed by atoms with Crippen LogP contribution in [0.25, 0.3) is 0 Å². The molecule has 1 aromatic carbocycles. The molecule has 0 fully saturated rings. The van der Waals surface area contributed by atoms with Crippen molar-refractivity contribution in [3.8, 4) is 0 Å². The zero-order valence-electron chi connectivity index (χ0n) is 7.91. The SMILES string of the molecule is O=c1[nH]cnc(Sc2ccccc2Cl)c1Cl. The highest BCUT2D eigenvalue weighted by molar-refractivity contribution is 7.99. The Morgan fingerprint density at radius 3 is 2.75 bits per heavy atom. The third-order valence-corrected chi connectivity index (χ3v) is 3.79. The van der Waals surface area contributed by atoms with Crippen molar-refractivity contribution in [2.24, 2.45) is 0 Å². The van der Waals surface area contributed by atoms with Gasteiger partial charge in [-0.1, -0.05) is 47.1 Å². The molecule has 1 heterocycles. The molecular weight excluding hydrogens is 267 g/mol. The average Bonchev–Trinajstić information content (AvgIpc) is 2.28. The maximum Gasteiger partial charge on any atom is 0.270 e. The number of nitrogens with one attached hydrogen (secondary N) is 1. The highest BCUT2D eigenvalue weighted by Gasteiger charge is 2.09. The van der Waals surface area contributed by atoms with Crippen LogP contribution in [0.15, 0.2) is 45.3 Å². The fraction of sp³-hybridized carbons (Fsp3) is 0. The molecule has 0 radical (unpaired) electrons. The molecule has 82 valence electrons. The van der Waals surface area contributed by atoms with Crippen LogP contribution in [-0.2, 0) is 0 Å². The Kier molecular flexibility index (Phi) is 3.53. The van der Waals surface area contributed by atoms with Crippen LogP contribution in [0.2, 0.25) is 10.0 Å². The van der Waals surface area contributed by atoms with Gasteiger partial charge in [-0.3, -0.25) is 4.79 Å². The van der Waals surface area contributed by atoms with Crippen LogP contribution in [0, 0.1) is 0 Å². The fourth-order valence-corrected chi connectivity index (χ4v) is 2.35. The topological polar surface area (TPSA) is 45.8 Å². The molecular formula is C10H6Cl2N2OS. The summed E-state index contributed by atoms with van der Waals surface area (Å²) in [5.74, 6) is 0. The molecule has 16 heavy (non-hydrogen) atoms. The molecule has 3 nitrogen and oxygen atoms in total. The van der Waals surface area contributed by atoms with Gasteiger partial charge in [0.25, 0.3) is 5.56 Å². The molecule has 2 aromatic rings. The van der Waals surface area contributed by atoms with E-state index in [1.54, 1.807) is 6.07 Å². The summed E-state index contributed by atoms with van der Waals surface area (Å²) in [5.41, 5.74) is -0.355. The smallest absolute Gasteiger partial charge is 0.270 e. The summed E-state index contributed by atoms with van der Waals surface area (Å²) in [5, 5.41) is 1.12. The monoisotopic (exact) mass is 272 g/mol. The fourth-order valence-electron chi connectivity index (χ4n) is 1.07. The van der Waals surface area contributed by atoms with Gasteiger partial charge in [0.15, 0.2) is 0 Å². The maximum atomic E-state index is 11.2. The van der Waals surface area contributed by atoms with Crippen molar-refractivity contribution in [2.45, 2.75) is 9.92 Å². The molecule has 0 aliphatic heterocycles. The van der Waals surface area contributed by atoms with Crippen molar-refractivity contribution in [3.05, 3.63) is 51.0 Å². The van der Waals surface area contributed by atoms with E-state index in [2.05, 4.69) is 9.97 Å². The first-order chi connectivity index (χ1) is 7.68. The molecule has 0 bridgehead atoms. The molecule has 0 spiro atoms. The number of hydrogen-bond acceptors (Lipinski definition) is 3. The molecule has 0 saturated heterocycles. The lowest BCUT2D eigenvalue weighted by molar-refractivity contribution is 1.01. The number of benzene rings is 1. The first-order valence-electron chi connectivity index (χ1n) is 4.34. The number of nitrogens with zero attached hydrogens (tertiary/aromatic N) is 1. The second-order valence-electron chi connectivity index (χ2n) is 2.88. The lowest BCUT2D eigenvalue weighted by atomic mass is 10.4. The predicted molar refractivity (Wildman–Crippen MR) is 65.4 cm³/mol. The van der Waals surface area contributed by atoms with Crippen molar-refractivity contribution in [1.29, 1.82) is 0 Å². The Balaban J connectivity index is 2.38. The summed E-state index contributed by atoms with van der Waals surface area (Å²) < 4.78 is 0. The number of halogens is 2. The third kappa shape index (κ3) is 2.40. The second kappa shape index (κ2) is 4.91. The van der Waals surface area contributed by atoms with Crippen LogP contribution in [0.4, 0.5) is 0 Å². The van der Waals surface area contributed by atoms with E-state index in [-0.39, 0.29) is 10.6 Å². The van der Waals surface area contributed by atoms with E-state index in [0.29, 0.717) is 10.0 Å². The molecule has 1 aromatic heterocycles. The molecule has 2 rings (SSSR count). The molecule has 0 saturated carbocycles. The van der Waals surface area contributed by atoms with Gasteiger partial charge < -0.3 is 4.98 Å². The Bertz CT molecular complexity index is 571. The Hall–Kier alpha value is -0.970. The van der Waals surface area contributed by atoms with Gasteiger partial charge in [-0.2, -0.15) is 0 Å². The van der Waals surface area contributed by atoms with Gasteiger partial charge in [0, 0.05) is 4.90 Å². The second-order valence-corrected chi connectivity index (χ2v) is 4.70. The highest BCUT2D eigenvalue weighted by atomic mass is 35.5. The minimum atomic E-state index is -0.355. The van der Waals surface area contributed by atoms with Crippen LogP contribution in [-0.4, -0.2) is 9.97 Å². The molecule has 6 heteroatoms. The Morgan fingerprint density at radius 1 is 1.25 bits per heavy atom.